The van der Waals surface area contributed by atoms with Crippen LogP contribution in [0.5, 0.6) is 5.75 Å². The molecule has 1 aliphatic rings. The van der Waals surface area contributed by atoms with Crippen molar-refractivity contribution in [2.24, 2.45) is 5.92 Å². The smallest absolute Gasteiger partial charge is 0.223 e. The first-order chi connectivity index (χ1) is 10.3. The number of carbonyl (C=O) groups is 1. The first-order valence-electron chi connectivity index (χ1n) is 7.99. The Morgan fingerprint density at radius 2 is 2.00 bits per heavy atom. The van der Waals surface area contributed by atoms with Crippen LogP contribution in [0.1, 0.15) is 44.7 Å². The lowest BCUT2D eigenvalue weighted by Gasteiger charge is -2.26. The molecule has 2 rings (SSSR count). The van der Waals surface area contributed by atoms with Gasteiger partial charge < -0.3 is 15.4 Å². The van der Waals surface area contributed by atoms with Crippen molar-refractivity contribution >= 4 is 18.3 Å². The Morgan fingerprint density at radius 1 is 1.32 bits per heavy atom. The third-order valence-electron chi connectivity index (χ3n) is 4.03. The summed E-state index contributed by atoms with van der Waals surface area (Å²) in [6, 6.07) is 8.00. The molecule has 4 nitrogen and oxygen atoms in total. The number of benzene rings is 1. The molecule has 1 saturated heterocycles. The van der Waals surface area contributed by atoms with Gasteiger partial charge in [-0.05, 0) is 45.3 Å². The van der Waals surface area contributed by atoms with E-state index in [4.69, 9.17) is 4.74 Å². The third-order valence-corrected chi connectivity index (χ3v) is 4.03. The Bertz CT molecular complexity index is 462. The molecular weight excluding hydrogens is 300 g/mol. The van der Waals surface area contributed by atoms with E-state index in [1.54, 1.807) is 0 Å². The molecule has 2 N–H and O–H groups in total. The second-order valence-corrected chi connectivity index (χ2v) is 5.46. The van der Waals surface area contributed by atoms with Gasteiger partial charge in [0.2, 0.25) is 5.91 Å². The second kappa shape index (κ2) is 9.70. The molecule has 0 saturated carbocycles. The Kier molecular flexibility index (Phi) is 8.28. The van der Waals surface area contributed by atoms with Gasteiger partial charge in [0.15, 0.2) is 0 Å². The zero-order valence-corrected chi connectivity index (χ0v) is 14.2. The van der Waals surface area contributed by atoms with Crippen LogP contribution in [0.3, 0.4) is 0 Å². The number of rotatable bonds is 6. The van der Waals surface area contributed by atoms with E-state index in [-0.39, 0.29) is 30.3 Å². The summed E-state index contributed by atoms with van der Waals surface area (Å²) in [7, 11) is 0. The number of ether oxygens (including phenoxy) is 1. The Balaban J connectivity index is 0.00000242. The van der Waals surface area contributed by atoms with Crippen molar-refractivity contribution in [3.05, 3.63) is 29.8 Å². The molecule has 0 aromatic heterocycles. The van der Waals surface area contributed by atoms with Crippen LogP contribution in [0, 0.1) is 5.92 Å². The van der Waals surface area contributed by atoms with E-state index in [1.165, 1.54) is 0 Å². The van der Waals surface area contributed by atoms with Gasteiger partial charge in [-0.2, -0.15) is 0 Å². The average molecular weight is 327 g/mol. The van der Waals surface area contributed by atoms with E-state index in [0.717, 1.165) is 43.7 Å². The maximum atomic E-state index is 12.4. The summed E-state index contributed by atoms with van der Waals surface area (Å²) >= 11 is 0. The molecular formula is C17H27ClN2O2. The molecule has 22 heavy (non-hydrogen) atoms. The number of halogens is 1. The topological polar surface area (TPSA) is 50.4 Å². The lowest BCUT2D eigenvalue weighted by atomic mass is 9.95. The summed E-state index contributed by atoms with van der Waals surface area (Å²) in [4.78, 5) is 12.4. The van der Waals surface area contributed by atoms with Crippen LogP contribution < -0.4 is 15.4 Å². The third kappa shape index (κ3) is 4.89. The molecule has 1 aliphatic heterocycles. The van der Waals surface area contributed by atoms with Crippen molar-refractivity contribution in [1.29, 1.82) is 0 Å². The molecule has 1 unspecified atom stereocenters. The summed E-state index contributed by atoms with van der Waals surface area (Å²) in [5.74, 6) is 1.19. The molecule has 1 atom stereocenters. The van der Waals surface area contributed by atoms with Gasteiger partial charge in [-0.3, -0.25) is 4.79 Å². The van der Waals surface area contributed by atoms with Gasteiger partial charge in [0, 0.05) is 11.5 Å². The molecule has 1 aromatic carbocycles. The fraction of sp³-hybridized carbons (Fsp3) is 0.588. The second-order valence-electron chi connectivity index (χ2n) is 5.46. The van der Waals surface area contributed by atoms with Crippen molar-refractivity contribution in [3.63, 3.8) is 0 Å². The van der Waals surface area contributed by atoms with Crippen LogP contribution in [0.2, 0.25) is 0 Å². The molecule has 1 fully saturated rings. The summed E-state index contributed by atoms with van der Waals surface area (Å²) in [5, 5.41) is 6.50. The van der Waals surface area contributed by atoms with Gasteiger partial charge in [0.1, 0.15) is 5.75 Å². The minimum Gasteiger partial charge on any atom is -0.494 e. The van der Waals surface area contributed by atoms with E-state index in [0.29, 0.717) is 6.61 Å². The summed E-state index contributed by atoms with van der Waals surface area (Å²) in [6.45, 7) is 6.58. The SMILES string of the molecule is CCOc1ccccc1C(CC)NC(=O)C1CCNCC1.Cl. The number of para-hydroxylation sites is 1. The Morgan fingerprint density at radius 3 is 2.64 bits per heavy atom. The maximum Gasteiger partial charge on any atom is 0.223 e. The number of hydrogen-bond donors (Lipinski definition) is 2. The van der Waals surface area contributed by atoms with E-state index in [1.807, 2.05) is 31.2 Å². The molecule has 1 aromatic rings. The zero-order chi connectivity index (χ0) is 15.1. The molecule has 0 spiro atoms. The van der Waals surface area contributed by atoms with Crippen LogP contribution in [-0.4, -0.2) is 25.6 Å². The molecule has 0 aliphatic carbocycles. The molecule has 1 amide bonds. The lowest BCUT2D eigenvalue weighted by molar-refractivity contribution is -0.126. The minimum absolute atomic E-state index is 0. The zero-order valence-electron chi connectivity index (χ0n) is 13.4. The summed E-state index contributed by atoms with van der Waals surface area (Å²) in [5.41, 5.74) is 1.07. The number of amides is 1. The highest BCUT2D eigenvalue weighted by Gasteiger charge is 2.24. The molecule has 1 heterocycles. The van der Waals surface area contributed by atoms with Crippen molar-refractivity contribution in [2.45, 2.75) is 39.2 Å². The van der Waals surface area contributed by atoms with Crippen LogP contribution in [0.4, 0.5) is 0 Å². The number of nitrogens with one attached hydrogen (secondary N) is 2. The van der Waals surface area contributed by atoms with Crippen molar-refractivity contribution in [2.75, 3.05) is 19.7 Å². The quantitative estimate of drug-likeness (QED) is 0.844. The van der Waals surface area contributed by atoms with Gasteiger partial charge >= 0.3 is 0 Å². The largest absolute Gasteiger partial charge is 0.494 e. The first-order valence-corrected chi connectivity index (χ1v) is 7.99. The summed E-state index contributed by atoms with van der Waals surface area (Å²) in [6.07, 6.45) is 2.71. The van der Waals surface area contributed by atoms with Crippen LogP contribution >= 0.6 is 12.4 Å². The number of carbonyl (C=O) groups excluding carboxylic acids is 1. The highest BCUT2D eigenvalue weighted by atomic mass is 35.5. The normalized spacial score (nSPS) is 16.5. The maximum absolute atomic E-state index is 12.4. The van der Waals surface area contributed by atoms with E-state index in [2.05, 4.69) is 17.6 Å². The van der Waals surface area contributed by atoms with Gasteiger partial charge in [0.25, 0.3) is 0 Å². The van der Waals surface area contributed by atoms with Crippen LogP contribution in [-0.2, 0) is 4.79 Å². The fourth-order valence-electron chi connectivity index (χ4n) is 2.83. The fourth-order valence-corrected chi connectivity index (χ4v) is 2.83. The van der Waals surface area contributed by atoms with Gasteiger partial charge in [-0.15, -0.1) is 12.4 Å². The Hall–Kier alpha value is -1.26. The standard InChI is InChI=1S/C17H26N2O2.ClH/c1-3-15(14-7-5-6-8-16(14)21-4-2)19-17(20)13-9-11-18-12-10-13;/h5-8,13,15,18H,3-4,9-12H2,1-2H3,(H,19,20);1H. The highest BCUT2D eigenvalue weighted by molar-refractivity contribution is 5.85. The number of piperidine rings is 1. The summed E-state index contributed by atoms with van der Waals surface area (Å²) < 4.78 is 5.69. The van der Waals surface area contributed by atoms with Gasteiger partial charge in [-0.25, -0.2) is 0 Å². The predicted octanol–water partition coefficient (Wildman–Crippen LogP) is 3.07. The van der Waals surface area contributed by atoms with Crippen molar-refractivity contribution in [1.82, 2.24) is 10.6 Å². The van der Waals surface area contributed by atoms with Crippen molar-refractivity contribution < 1.29 is 9.53 Å². The van der Waals surface area contributed by atoms with Gasteiger partial charge in [0.05, 0.1) is 12.6 Å². The van der Waals surface area contributed by atoms with E-state index >= 15 is 0 Å². The van der Waals surface area contributed by atoms with Crippen molar-refractivity contribution in [3.8, 4) is 5.75 Å². The van der Waals surface area contributed by atoms with Crippen LogP contribution in [0.25, 0.3) is 0 Å². The first kappa shape index (κ1) is 18.8. The molecule has 0 radical (unpaired) electrons. The Labute approximate surface area is 139 Å². The predicted molar refractivity (Wildman–Crippen MR) is 91.6 cm³/mol. The minimum atomic E-state index is 0. The monoisotopic (exact) mass is 326 g/mol. The van der Waals surface area contributed by atoms with Crippen LogP contribution in [0.15, 0.2) is 24.3 Å². The molecule has 124 valence electrons. The van der Waals surface area contributed by atoms with E-state index < -0.39 is 0 Å². The average Bonchev–Trinajstić information content (AvgIpc) is 2.54. The lowest BCUT2D eigenvalue weighted by Crippen LogP contribution is -2.39. The number of hydrogen-bond acceptors (Lipinski definition) is 3. The molecule has 5 heteroatoms. The van der Waals surface area contributed by atoms with E-state index in [9.17, 15) is 4.79 Å². The highest BCUT2D eigenvalue weighted by Crippen LogP contribution is 2.28. The van der Waals surface area contributed by atoms with Gasteiger partial charge in [-0.1, -0.05) is 25.1 Å². The molecule has 0 bridgehead atoms.